The van der Waals surface area contributed by atoms with Crippen LogP contribution in [-0.4, -0.2) is 34.0 Å². The molecule has 2 atom stereocenters. The Hall–Kier alpha value is -2.08. The van der Waals surface area contributed by atoms with Crippen LogP contribution in [0.5, 0.6) is 11.5 Å². The number of hydrogen-bond donors (Lipinski definition) is 1. The van der Waals surface area contributed by atoms with Crippen LogP contribution in [0.25, 0.3) is 0 Å². The molecule has 2 aromatic rings. The van der Waals surface area contributed by atoms with Gasteiger partial charge in [0.1, 0.15) is 29.8 Å². The summed E-state index contributed by atoms with van der Waals surface area (Å²) < 4.78 is 13.4. The molecule has 2 aliphatic rings. The van der Waals surface area contributed by atoms with Crippen molar-refractivity contribution in [2.75, 3.05) is 7.11 Å². The van der Waals surface area contributed by atoms with Crippen molar-refractivity contribution in [1.29, 1.82) is 0 Å². The first kappa shape index (κ1) is 14.5. The van der Waals surface area contributed by atoms with Gasteiger partial charge in [-0.05, 0) is 25.5 Å². The highest BCUT2D eigenvalue weighted by Crippen LogP contribution is 2.35. The van der Waals surface area contributed by atoms with Crippen LogP contribution in [0.1, 0.15) is 30.3 Å². The summed E-state index contributed by atoms with van der Waals surface area (Å²) in [5, 5.41) is 7.89. The van der Waals surface area contributed by atoms with Crippen LogP contribution in [0.2, 0.25) is 0 Å². The van der Waals surface area contributed by atoms with Gasteiger partial charge in [-0.1, -0.05) is 0 Å². The molecule has 0 bridgehead atoms. The summed E-state index contributed by atoms with van der Waals surface area (Å²) in [7, 11) is 1.73. The zero-order valence-corrected chi connectivity index (χ0v) is 13.6. The van der Waals surface area contributed by atoms with Crippen molar-refractivity contribution in [1.82, 2.24) is 20.1 Å². The summed E-state index contributed by atoms with van der Waals surface area (Å²) in [4.78, 5) is 4.27. The molecule has 4 rings (SSSR count). The van der Waals surface area contributed by atoms with E-state index in [1.54, 1.807) is 13.4 Å². The van der Waals surface area contributed by atoms with E-state index in [9.17, 15) is 0 Å². The SMILES string of the molecule is COc1cc2c(cc1CN[C@@H]1CCc3ncnn3C1)O[C@@H](C)C2. The molecule has 23 heavy (non-hydrogen) atoms. The summed E-state index contributed by atoms with van der Waals surface area (Å²) in [5.41, 5.74) is 2.38. The molecular formula is C17H22N4O2. The number of nitrogens with one attached hydrogen (secondary N) is 1. The minimum absolute atomic E-state index is 0.252. The molecule has 0 saturated carbocycles. The minimum atomic E-state index is 0.252. The summed E-state index contributed by atoms with van der Waals surface area (Å²) in [5.74, 6) is 3.02. The zero-order chi connectivity index (χ0) is 15.8. The van der Waals surface area contributed by atoms with Gasteiger partial charge in [0.15, 0.2) is 0 Å². The van der Waals surface area contributed by atoms with Gasteiger partial charge in [-0.2, -0.15) is 5.10 Å². The monoisotopic (exact) mass is 314 g/mol. The van der Waals surface area contributed by atoms with Gasteiger partial charge in [-0.15, -0.1) is 0 Å². The van der Waals surface area contributed by atoms with E-state index < -0.39 is 0 Å². The van der Waals surface area contributed by atoms with E-state index in [0.717, 1.165) is 55.2 Å². The van der Waals surface area contributed by atoms with Crippen LogP contribution in [0.3, 0.4) is 0 Å². The summed E-state index contributed by atoms with van der Waals surface area (Å²) in [6.45, 7) is 3.74. The molecule has 0 spiro atoms. The van der Waals surface area contributed by atoms with Crippen LogP contribution in [-0.2, 0) is 25.9 Å². The van der Waals surface area contributed by atoms with E-state index in [1.807, 2.05) is 4.68 Å². The number of rotatable bonds is 4. The molecule has 1 N–H and O–H groups in total. The highest BCUT2D eigenvalue weighted by atomic mass is 16.5. The first-order valence-electron chi connectivity index (χ1n) is 8.19. The second kappa shape index (κ2) is 5.85. The van der Waals surface area contributed by atoms with Crippen LogP contribution >= 0.6 is 0 Å². The fourth-order valence-corrected chi connectivity index (χ4v) is 3.47. The molecule has 6 nitrogen and oxygen atoms in total. The number of benzene rings is 1. The number of aromatic nitrogens is 3. The minimum Gasteiger partial charge on any atom is -0.496 e. The van der Waals surface area contributed by atoms with Crippen LogP contribution < -0.4 is 14.8 Å². The smallest absolute Gasteiger partial charge is 0.138 e. The molecule has 0 saturated heterocycles. The van der Waals surface area contributed by atoms with Crippen molar-refractivity contribution in [2.45, 2.75) is 51.4 Å². The van der Waals surface area contributed by atoms with Crippen LogP contribution in [0.4, 0.5) is 0 Å². The van der Waals surface area contributed by atoms with E-state index >= 15 is 0 Å². The predicted octanol–water partition coefficient (Wildman–Crippen LogP) is 1.71. The van der Waals surface area contributed by atoms with Gasteiger partial charge in [0.05, 0.1) is 13.7 Å². The Kier molecular flexibility index (Phi) is 3.69. The molecule has 6 heteroatoms. The number of nitrogens with zero attached hydrogens (tertiary/aromatic N) is 3. The average Bonchev–Trinajstić information content (AvgIpc) is 3.15. The van der Waals surface area contributed by atoms with Gasteiger partial charge < -0.3 is 14.8 Å². The number of hydrogen-bond acceptors (Lipinski definition) is 5. The average molecular weight is 314 g/mol. The quantitative estimate of drug-likeness (QED) is 0.931. The van der Waals surface area contributed by atoms with Crippen LogP contribution in [0.15, 0.2) is 18.5 Å². The van der Waals surface area contributed by atoms with E-state index in [1.165, 1.54) is 5.56 Å². The number of ether oxygens (including phenoxy) is 2. The van der Waals surface area contributed by atoms with E-state index in [-0.39, 0.29) is 6.10 Å². The Morgan fingerprint density at radius 1 is 1.43 bits per heavy atom. The Morgan fingerprint density at radius 2 is 2.35 bits per heavy atom. The molecule has 0 fully saturated rings. The molecule has 3 heterocycles. The Bertz CT molecular complexity index is 713. The van der Waals surface area contributed by atoms with Gasteiger partial charge in [0.25, 0.3) is 0 Å². The number of methoxy groups -OCH3 is 1. The molecule has 0 unspecified atom stereocenters. The standard InChI is InChI=1S/C17H22N4O2/c1-11-5-12-6-15(22-2)13(7-16(12)23-11)8-18-14-3-4-17-19-10-20-21(17)9-14/h6-7,10-11,14,18H,3-5,8-9H2,1-2H3/t11-,14+/m0/s1. The van der Waals surface area contributed by atoms with Crippen molar-refractivity contribution >= 4 is 0 Å². The number of fused-ring (bicyclic) bond motifs is 2. The first-order chi connectivity index (χ1) is 11.2. The summed E-state index contributed by atoms with van der Waals surface area (Å²) >= 11 is 0. The molecule has 0 radical (unpaired) electrons. The first-order valence-corrected chi connectivity index (χ1v) is 8.19. The van der Waals surface area contributed by atoms with Gasteiger partial charge in [0, 0.05) is 36.6 Å². The fraction of sp³-hybridized carbons (Fsp3) is 0.529. The fourth-order valence-electron chi connectivity index (χ4n) is 3.47. The molecule has 1 aromatic heterocycles. The maximum absolute atomic E-state index is 5.87. The van der Waals surface area contributed by atoms with Gasteiger partial charge in [0.2, 0.25) is 0 Å². The Labute approximate surface area is 135 Å². The van der Waals surface area contributed by atoms with E-state index in [2.05, 4.69) is 34.5 Å². The maximum Gasteiger partial charge on any atom is 0.138 e. The van der Waals surface area contributed by atoms with Crippen molar-refractivity contribution < 1.29 is 9.47 Å². The maximum atomic E-state index is 5.87. The van der Waals surface area contributed by atoms with E-state index in [4.69, 9.17) is 9.47 Å². The molecule has 122 valence electrons. The largest absolute Gasteiger partial charge is 0.496 e. The predicted molar refractivity (Wildman–Crippen MR) is 85.8 cm³/mol. The third-order valence-corrected chi connectivity index (χ3v) is 4.69. The van der Waals surface area contributed by atoms with Crippen LogP contribution in [0, 0.1) is 0 Å². The van der Waals surface area contributed by atoms with Crippen molar-refractivity contribution in [3.8, 4) is 11.5 Å². The second-order valence-corrected chi connectivity index (χ2v) is 6.38. The van der Waals surface area contributed by atoms with Gasteiger partial charge in [-0.25, -0.2) is 9.67 Å². The lowest BCUT2D eigenvalue weighted by Crippen LogP contribution is -2.37. The van der Waals surface area contributed by atoms with E-state index in [0.29, 0.717) is 6.04 Å². The molecule has 0 aliphatic carbocycles. The van der Waals surface area contributed by atoms with Gasteiger partial charge >= 0.3 is 0 Å². The topological polar surface area (TPSA) is 61.2 Å². The molecule has 0 amide bonds. The zero-order valence-electron chi connectivity index (χ0n) is 13.6. The normalized spacial score (nSPS) is 22.3. The van der Waals surface area contributed by atoms with Crippen molar-refractivity contribution in [2.24, 2.45) is 0 Å². The molecule has 2 aliphatic heterocycles. The Balaban J connectivity index is 1.46. The summed E-state index contributed by atoms with van der Waals surface area (Å²) in [6.07, 6.45) is 4.90. The lowest BCUT2D eigenvalue weighted by atomic mass is 10.0. The highest BCUT2D eigenvalue weighted by Gasteiger charge is 2.23. The number of aryl methyl sites for hydroxylation is 1. The third-order valence-electron chi connectivity index (χ3n) is 4.69. The van der Waals surface area contributed by atoms with Gasteiger partial charge in [-0.3, -0.25) is 0 Å². The molecule has 1 aromatic carbocycles. The highest BCUT2D eigenvalue weighted by molar-refractivity contribution is 5.48. The van der Waals surface area contributed by atoms with Crippen molar-refractivity contribution in [3.05, 3.63) is 35.4 Å². The second-order valence-electron chi connectivity index (χ2n) is 6.38. The summed E-state index contributed by atoms with van der Waals surface area (Å²) in [6, 6.07) is 4.64. The Morgan fingerprint density at radius 3 is 3.22 bits per heavy atom. The lowest BCUT2D eigenvalue weighted by Gasteiger charge is -2.24. The van der Waals surface area contributed by atoms with Crippen molar-refractivity contribution in [3.63, 3.8) is 0 Å². The third kappa shape index (κ3) is 2.79. The lowest BCUT2D eigenvalue weighted by molar-refractivity contribution is 0.254. The molecular weight excluding hydrogens is 292 g/mol.